The van der Waals surface area contributed by atoms with E-state index in [1.807, 2.05) is 0 Å². The lowest BCUT2D eigenvalue weighted by atomic mass is 10.2. The summed E-state index contributed by atoms with van der Waals surface area (Å²) in [5.74, 6) is -3.66. The number of carbonyl (C=O) groups is 3. The zero-order valence-electron chi connectivity index (χ0n) is 12.9. The molecule has 3 N–H and O–H groups in total. The van der Waals surface area contributed by atoms with Crippen molar-refractivity contribution in [2.24, 2.45) is 0 Å². The zero-order valence-corrected chi connectivity index (χ0v) is 12.9. The number of rotatable bonds is 5. The molecule has 9 heteroatoms. The Hall–Kier alpha value is -3.36. The Morgan fingerprint density at radius 1 is 1.04 bits per heavy atom. The van der Waals surface area contributed by atoms with E-state index in [9.17, 15) is 23.2 Å². The van der Waals surface area contributed by atoms with E-state index in [1.165, 1.54) is 18.5 Å². The Balaban J connectivity index is 1.73. The molecule has 0 unspecified atom stereocenters. The molecule has 0 saturated heterocycles. The average Bonchev–Trinajstić information content (AvgIpc) is 2.60. The van der Waals surface area contributed by atoms with Crippen LogP contribution in [0.4, 0.5) is 8.78 Å². The number of pyridine rings is 1. The molecule has 7 nitrogen and oxygen atoms in total. The molecule has 0 aliphatic heterocycles. The van der Waals surface area contributed by atoms with Crippen molar-refractivity contribution in [1.82, 2.24) is 21.2 Å². The summed E-state index contributed by atoms with van der Waals surface area (Å²) in [6.07, 6.45) is 2.68. The van der Waals surface area contributed by atoms with Crippen LogP contribution < -0.4 is 16.2 Å². The van der Waals surface area contributed by atoms with Crippen molar-refractivity contribution in [3.05, 3.63) is 65.5 Å². The number of hydrazine groups is 1. The number of carbonyl (C=O) groups excluding carboxylic acids is 3. The first kappa shape index (κ1) is 18.0. The fraction of sp³-hybridized carbons (Fsp3) is 0.125. The maximum atomic E-state index is 13.4. The third-order valence-corrected chi connectivity index (χ3v) is 3.05. The van der Waals surface area contributed by atoms with Crippen LogP contribution >= 0.6 is 0 Å². The van der Waals surface area contributed by atoms with Crippen LogP contribution in [0.5, 0.6) is 0 Å². The first-order chi connectivity index (χ1) is 12.0. The van der Waals surface area contributed by atoms with Gasteiger partial charge in [0.05, 0.1) is 11.1 Å². The van der Waals surface area contributed by atoms with E-state index in [0.717, 1.165) is 12.1 Å². The van der Waals surface area contributed by atoms with Gasteiger partial charge in [-0.1, -0.05) is 0 Å². The number of aromatic nitrogens is 1. The normalized spacial score (nSPS) is 10.0. The van der Waals surface area contributed by atoms with E-state index >= 15 is 0 Å². The summed E-state index contributed by atoms with van der Waals surface area (Å²) in [6, 6.07) is 5.65. The molecule has 0 radical (unpaired) electrons. The van der Waals surface area contributed by atoms with E-state index in [1.54, 1.807) is 6.07 Å². The molecule has 0 bridgehead atoms. The third-order valence-electron chi connectivity index (χ3n) is 3.05. The lowest BCUT2D eigenvalue weighted by Gasteiger charge is -2.08. The Morgan fingerprint density at radius 2 is 1.84 bits per heavy atom. The maximum absolute atomic E-state index is 13.4. The molecule has 2 aromatic rings. The number of nitrogens with one attached hydrogen (secondary N) is 3. The summed E-state index contributed by atoms with van der Waals surface area (Å²) in [6.45, 7) is -0.0930. The van der Waals surface area contributed by atoms with Crippen LogP contribution in [-0.4, -0.2) is 29.3 Å². The van der Waals surface area contributed by atoms with Crippen molar-refractivity contribution in [1.29, 1.82) is 0 Å². The van der Waals surface area contributed by atoms with Crippen molar-refractivity contribution in [3.63, 3.8) is 0 Å². The minimum Gasteiger partial charge on any atom is -0.351 e. The van der Waals surface area contributed by atoms with Crippen LogP contribution in [0.2, 0.25) is 0 Å². The second-order valence-corrected chi connectivity index (χ2v) is 4.87. The second-order valence-electron chi connectivity index (χ2n) is 4.87. The van der Waals surface area contributed by atoms with Gasteiger partial charge in [0.1, 0.15) is 11.6 Å². The highest BCUT2D eigenvalue weighted by Gasteiger charge is 2.13. The van der Waals surface area contributed by atoms with Crippen LogP contribution in [0.25, 0.3) is 0 Å². The van der Waals surface area contributed by atoms with E-state index in [0.29, 0.717) is 6.07 Å². The predicted octanol–water partition coefficient (Wildman–Crippen LogP) is 0.941. The van der Waals surface area contributed by atoms with Crippen LogP contribution in [0, 0.1) is 11.6 Å². The number of amides is 3. The van der Waals surface area contributed by atoms with E-state index in [2.05, 4.69) is 21.2 Å². The SMILES string of the molecule is O=C(CCNC(=O)c1ccc(F)cc1F)NNC(=O)c1cccnc1. The summed E-state index contributed by atoms with van der Waals surface area (Å²) in [7, 11) is 0. The molecule has 1 aromatic heterocycles. The summed E-state index contributed by atoms with van der Waals surface area (Å²) in [4.78, 5) is 38.8. The minimum atomic E-state index is -0.995. The first-order valence-electron chi connectivity index (χ1n) is 7.20. The molecule has 0 aliphatic rings. The quantitative estimate of drug-likeness (QED) is 0.700. The molecule has 25 heavy (non-hydrogen) atoms. The number of halogens is 2. The van der Waals surface area contributed by atoms with Crippen LogP contribution in [0.1, 0.15) is 27.1 Å². The van der Waals surface area contributed by atoms with Crippen LogP contribution in [0.3, 0.4) is 0 Å². The molecule has 0 atom stereocenters. The molecular formula is C16H14F2N4O3. The second kappa shape index (κ2) is 8.48. The van der Waals surface area contributed by atoms with Crippen molar-refractivity contribution < 1.29 is 23.2 Å². The minimum absolute atomic E-state index is 0.0930. The Kier molecular flexibility index (Phi) is 6.10. The Bertz CT molecular complexity index is 784. The van der Waals surface area contributed by atoms with E-state index in [4.69, 9.17) is 0 Å². The van der Waals surface area contributed by atoms with Crippen molar-refractivity contribution in [2.45, 2.75) is 6.42 Å². The van der Waals surface area contributed by atoms with Crippen molar-refractivity contribution in [3.8, 4) is 0 Å². The van der Waals surface area contributed by atoms with Gasteiger partial charge < -0.3 is 5.32 Å². The lowest BCUT2D eigenvalue weighted by Crippen LogP contribution is -2.42. The first-order valence-corrected chi connectivity index (χ1v) is 7.20. The van der Waals surface area contributed by atoms with E-state index in [-0.39, 0.29) is 24.1 Å². The monoisotopic (exact) mass is 348 g/mol. The molecule has 130 valence electrons. The topological polar surface area (TPSA) is 100 Å². The van der Waals surface area contributed by atoms with Gasteiger partial charge in [0.15, 0.2) is 0 Å². The van der Waals surface area contributed by atoms with Gasteiger partial charge in [-0.3, -0.25) is 30.2 Å². The van der Waals surface area contributed by atoms with Crippen LogP contribution in [0.15, 0.2) is 42.7 Å². The van der Waals surface area contributed by atoms with Crippen molar-refractivity contribution in [2.75, 3.05) is 6.54 Å². The number of hydrogen-bond donors (Lipinski definition) is 3. The largest absolute Gasteiger partial charge is 0.351 e. The number of nitrogens with zero attached hydrogens (tertiary/aromatic N) is 1. The van der Waals surface area contributed by atoms with Crippen LogP contribution in [-0.2, 0) is 4.79 Å². The Labute approximate surface area is 141 Å². The molecular weight excluding hydrogens is 334 g/mol. The fourth-order valence-corrected chi connectivity index (χ4v) is 1.82. The standard InChI is InChI=1S/C16H14F2N4O3/c17-11-3-4-12(13(18)8-11)16(25)20-7-5-14(23)21-22-15(24)10-2-1-6-19-9-10/h1-4,6,8-9H,5,7H2,(H,20,25)(H,21,23)(H,22,24). The predicted molar refractivity (Wildman–Crippen MR) is 83.2 cm³/mol. The highest BCUT2D eigenvalue weighted by molar-refractivity contribution is 5.95. The Morgan fingerprint density at radius 3 is 2.52 bits per heavy atom. The third kappa shape index (κ3) is 5.34. The molecule has 2 rings (SSSR count). The summed E-state index contributed by atoms with van der Waals surface area (Å²) >= 11 is 0. The maximum Gasteiger partial charge on any atom is 0.271 e. The smallest absolute Gasteiger partial charge is 0.271 e. The zero-order chi connectivity index (χ0) is 18.2. The molecule has 0 fully saturated rings. The summed E-state index contributed by atoms with van der Waals surface area (Å²) in [5.41, 5.74) is 4.30. The van der Waals surface area contributed by atoms with Gasteiger partial charge in [-0.25, -0.2) is 8.78 Å². The highest BCUT2D eigenvalue weighted by Crippen LogP contribution is 2.09. The summed E-state index contributed by atoms with van der Waals surface area (Å²) < 4.78 is 26.2. The highest BCUT2D eigenvalue weighted by atomic mass is 19.1. The lowest BCUT2D eigenvalue weighted by molar-refractivity contribution is -0.121. The van der Waals surface area contributed by atoms with Gasteiger partial charge in [-0.05, 0) is 24.3 Å². The molecule has 0 saturated carbocycles. The van der Waals surface area contributed by atoms with Gasteiger partial charge in [-0.2, -0.15) is 0 Å². The summed E-state index contributed by atoms with van der Waals surface area (Å²) in [5, 5.41) is 2.32. The van der Waals surface area contributed by atoms with Gasteiger partial charge in [-0.15, -0.1) is 0 Å². The van der Waals surface area contributed by atoms with Gasteiger partial charge in [0.2, 0.25) is 5.91 Å². The molecule has 0 spiro atoms. The van der Waals surface area contributed by atoms with E-state index < -0.39 is 29.4 Å². The van der Waals surface area contributed by atoms with Gasteiger partial charge in [0, 0.05) is 31.4 Å². The molecule has 0 aliphatic carbocycles. The van der Waals surface area contributed by atoms with Gasteiger partial charge >= 0.3 is 0 Å². The van der Waals surface area contributed by atoms with Gasteiger partial charge in [0.25, 0.3) is 11.8 Å². The number of benzene rings is 1. The fourth-order valence-electron chi connectivity index (χ4n) is 1.82. The number of hydrogen-bond acceptors (Lipinski definition) is 4. The molecule has 1 aromatic carbocycles. The average molecular weight is 348 g/mol. The van der Waals surface area contributed by atoms with Crippen molar-refractivity contribution >= 4 is 17.7 Å². The molecule has 3 amide bonds. The molecule has 1 heterocycles.